The molecule has 5 nitrogen and oxygen atoms in total. The van der Waals surface area contributed by atoms with Gasteiger partial charge in [0.15, 0.2) is 0 Å². The molecule has 0 heterocycles. The van der Waals surface area contributed by atoms with Crippen LogP contribution in [0.15, 0.2) is 11.0 Å². The summed E-state index contributed by atoms with van der Waals surface area (Å²) in [5.74, 6) is 0.723. The molecule has 0 bridgehead atoms. The van der Waals surface area contributed by atoms with E-state index >= 15 is 0 Å². The van der Waals surface area contributed by atoms with Crippen LogP contribution in [0.2, 0.25) is 0 Å². The van der Waals surface area contributed by atoms with Crippen LogP contribution in [0.25, 0.3) is 0 Å². The van der Waals surface area contributed by atoms with E-state index in [4.69, 9.17) is 14.6 Å². The molecule has 0 radical (unpaired) electrons. The molecule has 0 aliphatic rings. The number of nitrogens with two attached hydrogens (primary N) is 1. The monoisotopic (exact) mass is 287 g/mol. The first-order valence-corrected chi connectivity index (χ1v) is 7.59. The molecule has 0 saturated carbocycles. The lowest BCUT2D eigenvalue weighted by Gasteiger charge is -2.16. The highest BCUT2D eigenvalue weighted by Crippen LogP contribution is 2.30. The maximum atomic E-state index is 11.5. The minimum absolute atomic E-state index is 0.159. The first-order valence-electron chi connectivity index (χ1n) is 6.04. The molecule has 1 aromatic carbocycles. The summed E-state index contributed by atoms with van der Waals surface area (Å²) in [7, 11) is -2.06. The van der Waals surface area contributed by atoms with Gasteiger partial charge in [0.25, 0.3) is 0 Å². The van der Waals surface area contributed by atoms with Crippen molar-refractivity contribution < 1.29 is 17.9 Å². The number of hydrogen-bond donors (Lipinski definition) is 1. The Balaban J connectivity index is 3.06. The number of ether oxygens (including phenoxy) is 2. The molecule has 1 rings (SSSR count). The molecule has 2 N–H and O–H groups in total. The number of methoxy groups -OCH3 is 1. The van der Waals surface area contributed by atoms with Gasteiger partial charge in [-0.15, -0.1) is 0 Å². The van der Waals surface area contributed by atoms with Gasteiger partial charge in [0.1, 0.15) is 5.75 Å². The lowest BCUT2D eigenvalue weighted by Crippen LogP contribution is -2.15. The highest BCUT2D eigenvalue weighted by Gasteiger charge is 2.18. The lowest BCUT2D eigenvalue weighted by molar-refractivity contribution is 0.171. The Labute approximate surface area is 114 Å². The molecule has 0 spiro atoms. The molecule has 0 amide bonds. The van der Waals surface area contributed by atoms with Gasteiger partial charge in [-0.3, -0.25) is 0 Å². The molecule has 0 unspecified atom stereocenters. The van der Waals surface area contributed by atoms with Gasteiger partial charge < -0.3 is 9.47 Å². The van der Waals surface area contributed by atoms with E-state index in [1.54, 1.807) is 20.1 Å². The SMILES string of the molecule is COCCCOc1c(C)cc(S(N)(=O)=O)c(C)c1C. The third kappa shape index (κ3) is 3.92. The lowest BCUT2D eigenvalue weighted by atomic mass is 10.1. The fraction of sp³-hybridized carbons (Fsp3) is 0.538. The second kappa shape index (κ2) is 6.36. The highest BCUT2D eigenvalue weighted by atomic mass is 32.2. The normalized spacial score (nSPS) is 11.6. The molecule has 0 aliphatic carbocycles. The zero-order valence-corrected chi connectivity index (χ0v) is 12.6. The summed E-state index contributed by atoms with van der Waals surface area (Å²) in [5.41, 5.74) is 2.21. The van der Waals surface area contributed by atoms with Gasteiger partial charge in [0.05, 0.1) is 11.5 Å². The zero-order valence-electron chi connectivity index (χ0n) is 11.8. The van der Waals surface area contributed by atoms with Gasteiger partial charge in [0.2, 0.25) is 10.0 Å². The Hall–Kier alpha value is -1.11. The number of aryl methyl sites for hydroxylation is 1. The third-order valence-corrected chi connectivity index (χ3v) is 4.06. The van der Waals surface area contributed by atoms with Crippen LogP contribution < -0.4 is 9.88 Å². The molecule has 0 saturated heterocycles. The van der Waals surface area contributed by atoms with E-state index in [0.29, 0.717) is 18.8 Å². The molecule has 108 valence electrons. The van der Waals surface area contributed by atoms with Gasteiger partial charge >= 0.3 is 0 Å². The quantitative estimate of drug-likeness (QED) is 0.807. The molecular formula is C13H21NO4S. The number of sulfonamides is 1. The predicted molar refractivity (Wildman–Crippen MR) is 74.0 cm³/mol. The van der Waals surface area contributed by atoms with Crippen molar-refractivity contribution in [2.75, 3.05) is 20.3 Å². The summed E-state index contributed by atoms with van der Waals surface area (Å²) in [6.45, 7) is 6.54. The van der Waals surface area contributed by atoms with Crippen LogP contribution in [0.1, 0.15) is 23.1 Å². The van der Waals surface area contributed by atoms with Crippen LogP contribution in [0, 0.1) is 20.8 Å². The number of rotatable bonds is 6. The van der Waals surface area contributed by atoms with Gasteiger partial charge in [-0.1, -0.05) is 0 Å². The van der Waals surface area contributed by atoms with E-state index in [0.717, 1.165) is 23.3 Å². The van der Waals surface area contributed by atoms with Crippen molar-refractivity contribution in [3.05, 3.63) is 22.8 Å². The minimum atomic E-state index is -3.70. The maximum absolute atomic E-state index is 11.5. The van der Waals surface area contributed by atoms with Crippen LogP contribution in [0.4, 0.5) is 0 Å². The summed E-state index contributed by atoms with van der Waals surface area (Å²) in [6.07, 6.45) is 0.783. The predicted octanol–water partition coefficient (Wildman–Crippen LogP) is 1.67. The van der Waals surface area contributed by atoms with Crippen molar-refractivity contribution in [3.8, 4) is 5.75 Å². The fourth-order valence-corrected chi connectivity index (χ4v) is 2.84. The summed E-state index contributed by atoms with van der Waals surface area (Å²) < 4.78 is 33.6. The fourth-order valence-electron chi connectivity index (χ4n) is 1.92. The minimum Gasteiger partial charge on any atom is -0.493 e. The van der Waals surface area contributed by atoms with Crippen molar-refractivity contribution in [3.63, 3.8) is 0 Å². The first-order chi connectivity index (χ1) is 8.79. The second-order valence-electron chi connectivity index (χ2n) is 4.51. The summed E-state index contributed by atoms with van der Waals surface area (Å²) in [6, 6.07) is 1.56. The largest absolute Gasteiger partial charge is 0.493 e. The van der Waals surface area contributed by atoms with Crippen LogP contribution in [-0.2, 0) is 14.8 Å². The Bertz CT molecular complexity index is 552. The van der Waals surface area contributed by atoms with Crippen LogP contribution in [-0.4, -0.2) is 28.7 Å². The Morgan fingerprint density at radius 2 is 1.79 bits per heavy atom. The van der Waals surface area contributed by atoms with Crippen molar-refractivity contribution in [2.45, 2.75) is 32.1 Å². The number of benzene rings is 1. The molecule has 19 heavy (non-hydrogen) atoms. The van der Waals surface area contributed by atoms with Crippen molar-refractivity contribution in [1.29, 1.82) is 0 Å². The Morgan fingerprint density at radius 3 is 2.32 bits per heavy atom. The standard InChI is InChI=1S/C13H21NO4S/c1-9-8-12(19(14,15)16)10(2)11(3)13(9)18-7-5-6-17-4/h8H,5-7H2,1-4H3,(H2,14,15,16). The van der Waals surface area contributed by atoms with Crippen molar-refractivity contribution in [2.24, 2.45) is 5.14 Å². The maximum Gasteiger partial charge on any atom is 0.238 e. The van der Waals surface area contributed by atoms with Gasteiger partial charge in [-0.2, -0.15) is 0 Å². The molecule has 0 aromatic heterocycles. The van der Waals surface area contributed by atoms with Crippen LogP contribution >= 0.6 is 0 Å². The Kier molecular flexibility index (Phi) is 5.34. The van der Waals surface area contributed by atoms with Gasteiger partial charge in [0, 0.05) is 20.1 Å². The molecular weight excluding hydrogens is 266 g/mol. The first kappa shape index (κ1) is 15.9. The summed E-state index contributed by atoms with van der Waals surface area (Å²) in [4.78, 5) is 0.159. The van der Waals surface area contributed by atoms with Gasteiger partial charge in [-0.25, -0.2) is 13.6 Å². The van der Waals surface area contributed by atoms with Crippen molar-refractivity contribution in [1.82, 2.24) is 0 Å². The van der Waals surface area contributed by atoms with Gasteiger partial charge in [-0.05, 0) is 43.5 Å². The smallest absolute Gasteiger partial charge is 0.238 e. The zero-order chi connectivity index (χ0) is 14.6. The molecule has 0 atom stereocenters. The highest BCUT2D eigenvalue weighted by molar-refractivity contribution is 7.89. The topological polar surface area (TPSA) is 78.6 Å². The third-order valence-electron chi connectivity index (χ3n) is 3.02. The molecule has 1 aromatic rings. The summed E-state index contributed by atoms with van der Waals surface area (Å²) in [5, 5.41) is 5.20. The molecule has 0 fully saturated rings. The Morgan fingerprint density at radius 1 is 1.16 bits per heavy atom. The number of primary sulfonamides is 1. The average molecular weight is 287 g/mol. The van der Waals surface area contributed by atoms with E-state index < -0.39 is 10.0 Å². The summed E-state index contributed by atoms with van der Waals surface area (Å²) >= 11 is 0. The molecule has 0 aliphatic heterocycles. The van der Waals surface area contributed by atoms with E-state index in [1.807, 2.05) is 13.8 Å². The average Bonchev–Trinajstić information content (AvgIpc) is 2.31. The number of hydrogen-bond acceptors (Lipinski definition) is 4. The van der Waals surface area contributed by atoms with Crippen molar-refractivity contribution >= 4 is 10.0 Å². The van der Waals surface area contributed by atoms with E-state index in [-0.39, 0.29) is 4.90 Å². The molecule has 6 heteroatoms. The van der Waals surface area contributed by atoms with Crippen LogP contribution in [0.5, 0.6) is 5.75 Å². The van der Waals surface area contributed by atoms with Crippen LogP contribution in [0.3, 0.4) is 0 Å². The van der Waals surface area contributed by atoms with E-state index in [2.05, 4.69) is 0 Å². The van der Waals surface area contributed by atoms with E-state index in [9.17, 15) is 8.42 Å². The van der Waals surface area contributed by atoms with E-state index in [1.165, 1.54) is 0 Å². The second-order valence-corrected chi connectivity index (χ2v) is 6.04.